The van der Waals surface area contributed by atoms with Crippen LogP contribution in [-0.4, -0.2) is 38.8 Å². The Hall–Kier alpha value is -0.610. The number of hydrogen-bond acceptors (Lipinski definition) is 3. The molecular weight excluding hydrogens is 180 g/mol. The first-order valence-electron chi connectivity index (χ1n) is 5.32. The molecule has 0 aromatic rings. The lowest BCUT2D eigenvalue weighted by Crippen LogP contribution is -2.27. The zero-order valence-electron chi connectivity index (χ0n) is 8.84. The second-order valence-electron chi connectivity index (χ2n) is 3.69. The number of nitrogens with one attached hydrogen (secondary N) is 2. The number of hydrogen-bond donors (Lipinski definition) is 2. The second-order valence-corrected chi connectivity index (χ2v) is 3.69. The predicted octanol–water partition coefficient (Wildman–Crippen LogP) is 0.281. The summed E-state index contributed by atoms with van der Waals surface area (Å²) < 4.78 is 4.89. The van der Waals surface area contributed by atoms with Crippen LogP contribution < -0.4 is 10.6 Å². The standard InChI is InChI=1S/C10H20N2O2/c1-14-8-7-11-6-2-3-10(13)12-9-4-5-9/h9,11H,2-8H2,1H3,(H,12,13). The second kappa shape index (κ2) is 6.79. The number of carbonyl (C=O) groups excluding carboxylic acids is 1. The van der Waals surface area contributed by atoms with Gasteiger partial charge in [-0.1, -0.05) is 0 Å². The predicted molar refractivity (Wildman–Crippen MR) is 55.1 cm³/mol. The molecule has 82 valence electrons. The minimum absolute atomic E-state index is 0.195. The molecule has 0 bridgehead atoms. The molecule has 0 aliphatic heterocycles. The number of rotatable bonds is 8. The van der Waals surface area contributed by atoms with Crippen LogP contribution in [0.2, 0.25) is 0 Å². The van der Waals surface area contributed by atoms with Gasteiger partial charge in [-0.05, 0) is 25.8 Å². The Kier molecular flexibility index (Phi) is 5.56. The summed E-state index contributed by atoms with van der Waals surface area (Å²) in [5.41, 5.74) is 0. The van der Waals surface area contributed by atoms with Gasteiger partial charge in [0.25, 0.3) is 0 Å². The highest BCUT2D eigenvalue weighted by molar-refractivity contribution is 5.76. The van der Waals surface area contributed by atoms with Gasteiger partial charge in [0.1, 0.15) is 0 Å². The molecule has 4 heteroatoms. The first-order chi connectivity index (χ1) is 6.83. The van der Waals surface area contributed by atoms with Crippen molar-refractivity contribution in [2.75, 3.05) is 26.8 Å². The van der Waals surface area contributed by atoms with Crippen LogP contribution >= 0.6 is 0 Å². The van der Waals surface area contributed by atoms with Gasteiger partial charge in [-0.2, -0.15) is 0 Å². The Bertz CT molecular complexity index is 170. The zero-order valence-corrected chi connectivity index (χ0v) is 8.84. The highest BCUT2D eigenvalue weighted by atomic mass is 16.5. The van der Waals surface area contributed by atoms with E-state index in [0.29, 0.717) is 12.5 Å². The van der Waals surface area contributed by atoms with Gasteiger partial charge in [-0.3, -0.25) is 4.79 Å². The van der Waals surface area contributed by atoms with Crippen LogP contribution in [0.25, 0.3) is 0 Å². The molecule has 0 aromatic heterocycles. The zero-order chi connectivity index (χ0) is 10.2. The monoisotopic (exact) mass is 200 g/mol. The number of ether oxygens (including phenoxy) is 1. The van der Waals surface area contributed by atoms with E-state index in [1.807, 2.05) is 0 Å². The molecule has 0 atom stereocenters. The molecule has 4 nitrogen and oxygen atoms in total. The van der Waals surface area contributed by atoms with Gasteiger partial charge < -0.3 is 15.4 Å². The van der Waals surface area contributed by atoms with Crippen LogP contribution in [0.15, 0.2) is 0 Å². The Labute approximate surface area is 85.4 Å². The highest BCUT2D eigenvalue weighted by Gasteiger charge is 2.22. The van der Waals surface area contributed by atoms with Gasteiger partial charge in [-0.15, -0.1) is 0 Å². The molecule has 1 aliphatic carbocycles. The largest absolute Gasteiger partial charge is 0.383 e. The lowest BCUT2D eigenvalue weighted by atomic mass is 10.3. The quantitative estimate of drug-likeness (QED) is 0.553. The molecule has 0 aromatic carbocycles. The van der Waals surface area contributed by atoms with Gasteiger partial charge in [0, 0.05) is 26.1 Å². The molecule has 0 saturated heterocycles. The first kappa shape index (κ1) is 11.5. The van der Waals surface area contributed by atoms with E-state index in [2.05, 4.69) is 10.6 Å². The van der Waals surface area contributed by atoms with Crippen LogP contribution in [0.5, 0.6) is 0 Å². The molecule has 0 heterocycles. The van der Waals surface area contributed by atoms with Crippen molar-refractivity contribution in [1.82, 2.24) is 10.6 Å². The summed E-state index contributed by atoms with van der Waals surface area (Å²) in [6, 6.07) is 0.490. The number of amides is 1. The lowest BCUT2D eigenvalue weighted by molar-refractivity contribution is -0.121. The van der Waals surface area contributed by atoms with E-state index >= 15 is 0 Å². The van der Waals surface area contributed by atoms with Crippen molar-refractivity contribution in [3.63, 3.8) is 0 Å². The summed E-state index contributed by atoms with van der Waals surface area (Å²) in [4.78, 5) is 11.2. The van der Waals surface area contributed by atoms with Crippen molar-refractivity contribution < 1.29 is 9.53 Å². The molecule has 14 heavy (non-hydrogen) atoms. The van der Waals surface area contributed by atoms with E-state index in [9.17, 15) is 4.79 Å². The fraction of sp³-hybridized carbons (Fsp3) is 0.900. The Balaban J connectivity index is 1.80. The first-order valence-corrected chi connectivity index (χ1v) is 5.32. The normalized spacial score (nSPS) is 15.5. The van der Waals surface area contributed by atoms with Gasteiger partial charge >= 0.3 is 0 Å². The summed E-state index contributed by atoms with van der Waals surface area (Å²) in [6.45, 7) is 2.48. The van der Waals surface area contributed by atoms with Gasteiger partial charge in [0.15, 0.2) is 0 Å². The van der Waals surface area contributed by atoms with Crippen molar-refractivity contribution in [2.45, 2.75) is 31.7 Å². The summed E-state index contributed by atoms with van der Waals surface area (Å²) >= 11 is 0. The summed E-state index contributed by atoms with van der Waals surface area (Å²) in [6.07, 6.45) is 3.87. The van der Waals surface area contributed by atoms with E-state index in [-0.39, 0.29) is 5.91 Å². The molecule has 1 saturated carbocycles. The summed E-state index contributed by atoms with van der Waals surface area (Å²) in [7, 11) is 1.69. The molecule has 1 rings (SSSR count). The minimum atomic E-state index is 0.195. The van der Waals surface area contributed by atoms with Crippen molar-refractivity contribution >= 4 is 5.91 Å². The molecule has 1 amide bonds. The van der Waals surface area contributed by atoms with Gasteiger partial charge in [0.05, 0.1) is 6.61 Å². The van der Waals surface area contributed by atoms with Gasteiger partial charge in [0.2, 0.25) is 5.91 Å². The molecule has 2 N–H and O–H groups in total. The van der Waals surface area contributed by atoms with Crippen LogP contribution in [0.3, 0.4) is 0 Å². The Morgan fingerprint density at radius 1 is 1.43 bits per heavy atom. The van der Waals surface area contributed by atoms with E-state index in [0.717, 1.165) is 39.0 Å². The third kappa shape index (κ3) is 5.94. The Morgan fingerprint density at radius 3 is 2.86 bits per heavy atom. The molecular formula is C10H20N2O2. The maximum atomic E-state index is 11.2. The van der Waals surface area contributed by atoms with Crippen molar-refractivity contribution in [3.05, 3.63) is 0 Å². The fourth-order valence-corrected chi connectivity index (χ4v) is 1.20. The fourth-order valence-electron chi connectivity index (χ4n) is 1.20. The van der Waals surface area contributed by atoms with Crippen LogP contribution in [-0.2, 0) is 9.53 Å². The van der Waals surface area contributed by atoms with Crippen molar-refractivity contribution in [1.29, 1.82) is 0 Å². The molecule has 1 aliphatic rings. The van der Waals surface area contributed by atoms with Crippen LogP contribution in [0, 0.1) is 0 Å². The molecule has 0 radical (unpaired) electrons. The van der Waals surface area contributed by atoms with Crippen molar-refractivity contribution in [2.24, 2.45) is 0 Å². The van der Waals surface area contributed by atoms with E-state index < -0.39 is 0 Å². The molecule has 0 spiro atoms. The lowest BCUT2D eigenvalue weighted by Gasteiger charge is -2.04. The Morgan fingerprint density at radius 2 is 2.21 bits per heavy atom. The number of methoxy groups -OCH3 is 1. The highest BCUT2D eigenvalue weighted by Crippen LogP contribution is 2.18. The maximum absolute atomic E-state index is 11.2. The van der Waals surface area contributed by atoms with E-state index in [4.69, 9.17) is 4.74 Å². The average molecular weight is 200 g/mol. The summed E-state index contributed by atoms with van der Waals surface area (Å²) in [5, 5.41) is 6.17. The minimum Gasteiger partial charge on any atom is -0.383 e. The maximum Gasteiger partial charge on any atom is 0.220 e. The molecule has 1 fully saturated rings. The SMILES string of the molecule is COCCNCCCC(=O)NC1CC1. The third-order valence-corrected chi connectivity index (χ3v) is 2.18. The van der Waals surface area contributed by atoms with E-state index in [1.165, 1.54) is 0 Å². The van der Waals surface area contributed by atoms with E-state index in [1.54, 1.807) is 7.11 Å². The smallest absolute Gasteiger partial charge is 0.220 e. The van der Waals surface area contributed by atoms with Crippen LogP contribution in [0.1, 0.15) is 25.7 Å². The topological polar surface area (TPSA) is 50.4 Å². The third-order valence-electron chi connectivity index (χ3n) is 2.18. The number of carbonyl (C=O) groups is 1. The average Bonchev–Trinajstić information content (AvgIpc) is 2.95. The molecule has 0 unspecified atom stereocenters. The van der Waals surface area contributed by atoms with Gasteiger partial charge in [-0.25, -0.2) is 0 Å². The van der Waals surface area contributed by atoms with Crippen molar-refractivity contribution in [3.8, 4) is 0 Å². The van der Waals surface area contributed by atoms with Crippen LogP contribution in [0.4, 0.5) is 0 Å². The summed E-state index contributed by atoms with van der Waals surface area (Å²) in [5.74, 6) is 0.195.